The van der Waals surface area contributed by atoms with Crippen molar-refractivity contribution in [2.75, 3.05) is 7.11 Å². The van der Waals surface area contributed by atoms with E-state index in [0.29, 0.717) is 11.5 Å². The fraction of sp³-hybridized carbons (Fsp3) is 0.316. The Morgan fingerprint density at radius 1 is 1.35 bits per heavy atom. The van der Waals surface area contributed by atoms with E-state index in [1.54, 1.807) is 20.2 Å². The number of aryl methyl sites for hydroxylation is 3. The summed E-state index contributed by atoms with van der Waals surface area (Å²) >= 11 is 0. The molecule has 1 aromatic carbocycles. The molecule has 2 aromatic heterocycles. The van der Waals surface area contributed by atoms with Crippen LogP contribution in [0.1, 0.15) is 34.4 Å². The number of aromatic nitrogens is 3. The Morgan fingerprint density at radius 3 is 2.73 bits per heavy atom. The first-order valence-electron chi connectivity index (χ1n) is 8.32. The van der Waals surface area contributed by atoms with E-state index in [4.69, 9.17) is 9.26 Å². The van der Waals surface area contributed by atoms with Crippen molar-refractivity contribution in [2.24, 2.45) is 7.05 Å². The summed E-state index contributed by atoms with van der Waals surface area (Å²) in [6.07, 6.45) is 3.74. The van der Waals surface area contributed by atoms with Crippen molar-refractivity contribution < 1.29 is 14.1 Å². The molecule has 26 heavy (non-hydrogen) atoms. The van der Waals surface area contributed by atoms with Crippen molar-refractivity contribution in [2.45, 2.75) is 26.3 Å². The van der Waals surface area contributed by atoms with Gasteiger partial charge in [-0.3, -0.25) is 4.79 Å². The number of carbonyl (C=O) groups is 1. The van der Waals surface area contributed by atoms with Gasteiger partial charge in [0.15, 0.2) is 0 Å². The van der Waals surface area contributed by atoms with Crippen LogP contribution in [-0.2, 0) is 18.3 Å². The Balaban J connectivity index is 1.92. The Labute approximate surface area is 152 Å². The van der Waals surface area contributed by atoms with Gasteiger partial charge in [0.05, 0.1) is 19.2 Å². The highest BCUT2D eigenvalue weighted by Gasteiger charge is 2.24. The molecular weight excluding hydrogens is 332 g/mol. The second kappa shape index (κ2) is 7.43. The van der Waals surface area contributed by atoms with Crippen LogP contribution in [0.5, 0.6) is 5.75 Å². The third kappa shape index (κ3) is 3.46. The summed E-state index contributed by atoms with van der Waals surface area (Å²) in [6, 6.07) is 7.16. The van der Waals surface area contributed by atoms with Gasteiger partial charge in [0.2, 0.25) is 5.91 Å². The predicted molar refractivity (Wildman–Crippen MR) is 95.9 cm³/mol. The highest BCUT2D eigenvalue weighted by Crippen LogP contribution is 2.29. The second-order valence-electron chi connectivity index (χ2n) is 6.12. The molecule has 0 aliphatic heterocycles. The number of nitrogens with one attached hydrogen (secondary N) is 1. The molecule has 1 atom stereocenters. The SMILES string of the molecule is COc1ccccc1[C@H](NC(=O)Cc1c(C)noc1C)c1nccn1C. The van der Waals surface area contributed by atoms with Gasteiger partial charge in [-0.25, -0.2) is 4.98 Å². The van der Waals surface area contributed by atoms with Crippen LogP contribution >= 0.6 is 0 Å². The van der Waals surface area contributed by atoms with Crippen LogP contribution < -0.4 is 10.1 Å². The average Bonchev–Trinajstić information content (AvgIpc) is 3.20. The molecule has 0 unspecified atom stereocenters. The van der Waals surface area contributed by atoms with Gasteiger partial charge in [0.25, 0.3) is 0 Å². The minimum atomic E-state index is -0.431. The number of carbonyl (C=O) groups excluding carboxylic acids is 1. The third-order valence-electron chi connectivity index (χ3n) is 4.39. The molecule has 0 spiro atoms. The number of amides is 1. The van der Waals surface area contributed by atoms with E-state index in [9.17, 15) is 4.79 Å². The maximum absolute atomic E-state index is 12.7. The highest BCUT2D eigenvalue weighted by molar-refractivity contribution is 5.80. The summed E-state index contributed by atoms with van der Waals surface area (Å²) in [5.74, 6) is 1.93. The van der Waals surface area contributed by atoms with E-state index >= 15 is 0 Å². The summed E-state index contributed by atoms with van der Waals surface area (Å²) in [6.45, 7) is 3.63. The maximum atomic E-state index is 12.7. The molecule has 3 aromatic rings. The minimum Gasteiger partial charge on any atom is -0.496 e. The first-order chi connectivity index (χ1) is 12.5. The number of benzene rings is 1. The quantitative estimate of drug-likeness (QED) is 0.735. The lowest BCUT2D eigenvalue weighted by Crippen LogP contribution is -2.32. The van der Waals surface area contributed by atoms with Gasteiger partial charge < -0.3 is 19.1 Å². The minimum absolute atomic E-state index is 0.140. The van der Waals surface area contributed by atoms with Crippen LogP contribution in [0.3, 0.4) is 0 Å². The van der Waals surface area contributed by atoms with E-state index in [0.717, 1.165) is 22.6 Å². The van der Waals surface area contributed by atoms with Crippen LogP contribution in [0.15, 0.2) is 41.2 Å². The van der Waals surface area contributed by atoms with Gasteiger partial charge in [-0.2, -0.15) is 0 Å². The molecule has 7 heteroatoms. The van der Waals surface area contributed by atoms with Crippen molar-refractivity contribution in [3.63, 3.8) is 0 Å². The number of hydrogen-bond donors (Lipinski definition) is 1. The summed E-state index contributed by atoms with van der Waals surface area (Å²) < 4.78 is 12.5. The zero-order valence-electron chi connectivity index (χ0n) is 15.3. The molecule has 0 aliphatic carbocycles. The van der Waals surface area contributed by atoms with Crippen molar-refractivity contribution >= 4 is 5.91 Å². The smallest absolute Gasteiger partial charge is 0.225 e. The fourth-order valence-electron chi connectivity index (χ4n) is 2.97. The van der Waals surface area contributed by atoms with E-state index in [2.05, 4.69) is 15.5 Å². The molecule has 1 amide bonds. The number of hydrogen-bond acceptors (Lipinski definition) is 5. The average molecular weight is 354 g/mol. The van der Waals surface area contributed by atoms with Crippen molar-refractivity contribution in [1.29, 1.82) is 0 Å². The number of ether oxygens (including phenoxy) is 1. The molecule has 0 bridgehead atoms. The third-order valence-corrected chi connectivity index (χ3v) is 4.39. The summed E-state index contributed by atoms with van der Waals surface area (Å²) in [5, 5.41) is 6.98. The Hall–Kier alpha value is -3.09. The monoisotopic (exact) mass is 354 g/mol. The summed E-state index contributed by atoms with van der Waals surface area (Å²) in [4.78, 5) is 17.2. The summed E-state index contributed by atoms with van der Waals surface area (Å²) in [7, 11) is 3.51. The number of methoxy groups -OCH3 is 1. The van der Waals surface area contributed by atoms with E-state index in [1.807, 2.05) is 49.0 Å². The van der Waals surface area contributed by atoms with Gasteiger partial charge in [-0.1, -0.05) is 23.4 Å². The van der Waals surface area contributed by atoms with Crippen LogP contribution in [0.4, 0.5) is 0 Å². The first kappa shape index (κ1) is 17.7. The lowest BCUT2D eigenvalue weighted by Gasteiger charge is -2.21. The fourth-order valence-corrected chi connectivity index (χ4v) is 2.97. The largest absolute Gasteiger partial charge is 0.496 e. The highest BCUT2D eigenvalue weighted by atomic mass is 16.5. The Morgan fingerprint density at radius 2 is 2.12 bits per heavy atom. The lowest BCUT2D eigenvalue weighted by atomic mass is 10.0. The van der Waals surface area contributed by atoms with Crippen molar-refractivity contribution in [1.82, 2.24) is 20.0 Å². The molecule has 1 N–H and O–H groups in total. The Bertz CT molecular complexity index is 894. The van der Waals surface area contributed by atoms with Crippen LogP contribution in [-0.4, -0.2) is 27.7 Å². The van der Waals surface area contributed by atoms with Crippen LogP contribution in [0, 0.1) is 13.8 Å². The molecule has 0 aliphatic rings. The number of rotatable bonds is 6. The molecule has 0 fully saturated rings. The molecule has 2 heterocycles. The first-order valence-corrected chi connectivity index (χ1v) is 8.32. The Kier molecular flexibility index (Phi) is 5.06. The zero-order valence-corrected chi connectivity index (χ0v) is 15.3. The van der Waals surface area contributed by atoms with Gasteiger partial charge in [-0.15, -0.1) is 0 Å². The zero-order chi connectivity index (χ0) is 18.7. The molecule has 0 radical (unpaired) electrons. The topological polar surface area (TPSA) is 82.2 Å². The normalized spacial score (nSPS) is 12.0. The number of imidazole rings is 1. The predicted octanol–water partition coefficient (Wildman–Crippen LogP) is 2.48. The molecule has 7 nitrogen and oxygen atoms in total. The van der Waals surface area contributed by atoms with Crippen LogP contribution in [0.2, 0.25) is 0 Å². The number of nitrogens with zero attached hydrogens (tertiary/aromatic N) is 3. The molecule has 136 valence electrons. The lowest BCUT2D eigenvalue weighted by molar-refractivity contribution is -0.121. The van der Waals surface area contributed by atoms with Gasteiger partial charge in [0, 0.05) is 30.6 Å². The van der Waals surface area contributed by atoms with E-state index in [1.165, 1.54) is 0 Å². The van der Waals surface area contributed by atoms with Gasteiger partial charge in [-0.05, 0) is 19.9 Å². The standard InChI is InChI=1S/C19H22N4O3/c1-12-15(13(2)26-22-12)11-17(24)21-18(19-20-9-10-23(19)3)14-7-5-6-8-16(14)25-4/h5-10,18H,11H2,1-4H3,(H,21,24)/t18-/m0/s1. The van der Waals surface area contributed by atoms with Crippen molar-refractivity contribution in [3.8, 4) is 5.75 Å². The number of para-hydroxylation sites is 1. The molecule has 0 saturated carbocycles. The maximum Gasteiger partial charge on any atom is 0.225 e. The van der Waals surface area contributed by atoms with E-state index in [-0.39, 0.29) is 12.3 Å². The van der Waals surface area contributed by atoms with Crippen LogP contribution in [0.25, 0.3) is 0 Å². The van der Waals surface area contributed by atoms with E-state index < -0.39 is 6.04 Å². The van der Waals surface area contributed by atoms with Crippen molar-refractivity contribution in [3.05, 3.63) is 65.1 Å². The second-order valence-corrected chi connectivity index (χ2v) is 6.12. The van der Waals surface area contributed by atoms with Gasteiger partial charge in [0.1, 0.15) is 23.4 Å². The summed E-state index contributed by atoms with van der Waals surface area (Å²) in [5.41, 5.74) is 2.38. The molecular formula is C19H22N4O3. The molecule has 0 saturated heterocycles. The molecule has 3 rings (SSSR count). The van der Waals surface area contributed by atoms with Gasteiger partial charge >= 0.3 is 0 Å².